The van der Waals surface area contributed by atoms with Crippen LogP contribution in [-0.4, -0.2) is 11.7 Å². The summed E-state index contributed by atoms with van der Waals surface area (Å²) < 4.78 is 14.6. The van der Waals surface area contributed by atoms with Crippen molar-refractivity contribution in [3.05, 3.63) is 75.7 Å². The molecule has 1 amide bonds. The smallest absolute Gasteiger partial charge is 0.232 e. The number of anilines is 1. The van der Waals surface area contributed by atoms with E-state index in [9.17, 15) is 14.0 Å². The number of benzene rings is 2. The normalized spacial score (nSPS) is 20.4. The molecule has 0 bridgehead atoms. The largest absolute Gasteiger partial charge is 0.294 e. The molecule has 1 atom stereocenters. The molecule has 3 nitrogen and oxygen atoms in total. The molecular weight excluding hydrogens is 397 g/mol. The van der Waals surface area contributed by atoms with E-state index in [0.717, 1.165) is 15.7 Å². The maximum atomic E-state index is 13.7. The molecular formula is C21H17BrFNO2. The summed E-state index contributed by atoms with van der Waals surface area (Å²) in [6, 6.07) is 13.7. The standard InChI is InChI=1S/C21H17BrFNO2/c22-14-5-1-4-13(10-14)17-12-20(26)24(16-7-2-6-15(23)11-16)18-8-3-9-19(25)21(17)18/h1-2,4-7,10-11,17H,3,8-9,12H2. The van der Waals surface area contributed by atoms with Crippen LogP contribution in [0.5, 0.6) is 0 Å². The van der Waals surface area contributed by atoms with Gasteiger partial charge in [0.2, 0.25) is 5.91 Å². The molecule has 2 aliphatic rings. The van der Waals surface area contributed by atoms with Crippen LogP contribution in [0.1, 0.15) is 37.2 Å². The Morgan fingerprint density at radius 2 is 1.85 bits per heavy atom. The van der Waals surface area contributed by atoms with E-state index in [0.29, 0.717) is 30.5 Å². The molecule has 0 saturated heterocycles. The fraction of sp³-hybridized carbons (Fsp3) is 0.238. The lowest BCUT2D eigenvalue weighted by Crippen LogP contribution is -2.40. The number of allylic oxidation sites excluding steroid dienone is 2. The van der Waals surface area contributed by atoms with E-state index in [1.165, 1.54) is 12.1 Å². The van der Waals surface area contributed by atoms with Crippen molar-refractivity contribution in [2.24, 2.45) is 0 Å². The van der Waals surface area contributed by atoms with Gasteiger partial charge in [-0.2, -0.15) is 0 Å². The number of Topliss-reactive ketones (excluding diaryl/α,β-unsaturated/α-hetero) is 1. The van der Waals surface area contributed by atoms with Gasteiger partial charge in [-0.05, 0) is 48.7 Å². The number of ketones is 1. The van der Waals surface area contributed by atoms with Gasteiger partial charge in [0.15, 0.2) is 5.78 Å². The van der Waals surface area contributed by atoms with E-state index in [4.69, 9.17) is 0 Å². The molecule has 5 heteroatoms. The van der Waals surface area contributed by atoms with Gasteiger partial charge in [0.25, 0.3) is 0 Å². The van der Waals surface area contributed by atoms with Gasteiger partial charge in [-0.1, -0.05) is 34.1 Å². The molecule has 0 radical (unpaired) electrons. The number of carbonyl (C=O) groups is 2. The molecule has 1 aliphatic heterocycles. The maximum Gasteiger partial charge on any atom is 0.232 e. The fourth-order valence-corrected chi connectivity index (χ4v) is 4.33. The van der Waals surface area contributed by atoms with Crippen molar-refractivity contribution in [2.75, 3.05) is 4.90 Å². The predicted octanol–water partition coefficient (Wildman–Crippen LogP) is 5.12. The van der Waals surface area contributed by atoms with Gasteiger partial charge in [0, 0.05) is 34.5 Å². The third-order valence-electron chi connectivity index (χ3n) is 4.99. The summed E-state index contributed by atoms with van der Waals surface area (Å²) in [6.45, 7) is 0. The van der Waals surface area contributed by atoms with E-state index >= 15 is 0 Å². The minimum atomic E-state index is -0.395. The second-order valence-corrected chi connectivity index (χ2v) is 7.57. The minimum absolute atomic E-state index is 0.0881. The molecule has 2 aromatic carbocycles. The van der Waals surface area contributed by atoms with Crippen LogP contribution in [0.15, 0.2) is 64.3 Å². The summed E-state index contributed by atoms with van der Waals surface area (Å²) >= 11 is 3.47. The molecule has 2 aromatic rings. The van der Waals surface area contributed by atoms with Crippen LogP contribution in [-0.2, 0) is 9.59 Å². The second kappa shape index (κ2) is 6.80. The number of rotatable bonds is 2. The van der Waals surface area contributed by atoms with Crippen molar-refractivity contribution in [3.63, 3.8) is 0 Å². The Labute approximate surface area is 159 Å². The second-order valence-electron chi connectivity index (χ2n) is 6.66. The van der Waals surface area contributed by atoms with Gasteiger partial charge in [-0.25, -0.2) is 4.39 Å². The number of nitrogens with zero attached hydrogens (tertiary/aromatic N) is 1. The lowest BCUT2D eigenvalue weighted by Gasteiger charge is -2.38. The maximum absolute atomic E-state index is 13.7. The van der Waals surface area contributed by atoms with Gasteiger partial charge in [0.05, 0.1) is 5.69 Å². The first-order valence-corrected chi connectivity index (χ1v) is 9.44. The van der Waals surface area contributed by atoms with E-state index < -0.39 is 5.82 Å². The van der Waals surface area contributed by atoms with Crippen LogP contribution < -0.4 is 4.90 Å². The summed E-state index contributed by atoms with van der Waals surface area (Å²) in [5, 5.41) is 0. The summed E-state index contributed by atoms with van der Waals surface area (Å²) in [5.74, 6) is -0.652. The van der Waals surface area contributed by atoms with Crippen molar-refractivity contribution in [2.45, 2.75) is 31.6 Å². The highest BCUT2D eigenvalue weighted by atomic mass is 79.9. The molecule has 0 aromatic heterocycles. The molecule has 4 rings (SSSR count). The predicted molar refractivity (Wildman–Crippen MR) is 101 cm³/mol. The summed E-state index contributed by atoms with van der Waals surface area (Å²) in [7, 11) is 0. The average molecular weight is 414 g/mol. The van der Waals surface area contributed by atoms with Crippen molar-refractivity contribution < 1.29 is 14.0 Å². The van der Waals surface area contributed by atoms with Crippen LogP contribution in [0.4, 0.5) is 10.1 Å². The van der Waals surface area contributed by atoms with Gasteiger partial charge >= 0.3 is 0 Å². The number of halogens is 2. The van der Waals surface area contributed by atoms with Gasteiger partial charge in [0.1, 0.15) is 5.82 Å². The zero-order chi connectivity index (χ0) is 18.3. The zero-order valence-corrected chi connectivity index (χ0v) is 15.6. The highest BCUT2D eigenvalue weighted by Gasteiger charge is 2.39. The Bertz CT molecular complexity index is 937. The first-order valence-electron chi connectivity index (χ1n) is 8.65. The topological polar surface area (TPSA) is 37.4 Å². The molecule has 26 heavy (non-hydrogen) atoms. The minimum Gasteiger partial charge on any atom is -0.294 e. The Morgan fingerprint density at radius 1 is 1.04 bits per heavy atom. The molecule has 0 fully saturated rings. The molecule has 1 unspecified atom stereocenters. The molecule has 1 aliphatic carbocycles. The summed E-state index contributed by atoms with van der Waals surface area (Å²) in [5.41, 5.74) is 2.88. The van der Waals surface area contributed by atoms with Crippen molar-refractivity contribution in [1.29, 1.82) is 0 Å². The molecule has 0 saturated carbocycles. The van der Waals surface area contributed by atoms with Crippen molar-refractivity contribution in [3.8, 4) is 0 Å². The molecule has 0 N–H and O–H groups in total. The quantitative estimate of drug-likeness (QED) is 0.685. The Hall–Kier alpha value is -2.27. The zero-order valence-electron chi connectivity index (χ0n) is 14.0. The van der Waals surface area contributed by atoms with Crippen molar-refractivity contribution >= 4 is 33.3 Å². The van der Waals surface area contributed by atoms with E-state index in [1.54, 1.807) is 17.0 Å². The number of hydrogen-bond donors (Lipinski definition) is 0. The van der Waals surface area contributed by atoms with E-state index in [1.807, 2.05) is 24.3 Å². The summed E-state index contributed by atoms with van der Waals surface area (Å²) in [4.78, 5) is 27.3. The van der Waals surface area contributed by atoms with Gasteiger partial charge in [-0.15, -0.1) is 0 Å². The first kappa shape index (κ1) is 17.2. The monoisotopic (exact) mass is 413 g/mol. The van der Waals surface area contributed by atoms with Crippen LogP contribution in [0.3, 0.4) is 0 Å². The van der Waals surface area contributed by atoms with Crippen molar-refractivity contribution in [1.82, 2.24) is 0 Å². The van der Waals surface area contributed by atoms with Gasteiger partial charge in [-0.3, -0.25) is 14.5 Å². The van der Waals surface area contributed by atoms with Crippen LogP contribution in [0.2, 0.25) is 0 Å². The third-order valence-corrected chi connectivity index (χ3v) is 5.49. The molecule has 1 heterocycles. The van der Waals surface area contributed by atoms with Gasteiger partial charge < -0.3 is 0 Å². The lowest BCUT2D eigenvalue weighted by molar-refractivity contribution is -0.119. The first-order chi connectivity index (χ1) is 12.5. The highest BCUT2D eigenvalue weighted by Crippen LogP contribution is 2.43. The molecule has 0 spiro atoms. The average Bonchev–Trinajstić information content (AvgIpc) is 2.61. The SMILES string of the molecule is O=C1CCCC2=C1C(c1cccc(Br)c1)CC(=O)N2c1cccc(F)c1. The van der Waals surface area contributed by atoms with E-state index in [-0.39, 0.29) is 24.0 Å². The van der Waals surface area contributed by atoms with Crippen LogP contribution >= 0.6 is 15.9 Å². The molecule has 132 valence electrons. The number of carbonyl (C=O) groups excluding carboxylic acids is 2. The fourth-order valence-electron chi connectivity index (χ4n) is 3.92. The van der Waals surface area contributed by atoms with Crippen LogP contribution in [0.25, 0.3) is 0 Å². The Kier molecular flexibility index (Phi) is 4.49. The highest BCUT2D eigenvalue weighted by molar-refractivity contribution is 9.10. The summed E-state index contributed by atoms with van der Waals surface area (Å²) in [6.07, 6.45) is 2.06. The Morgan fingerprint density at radius 3 is 2.62 bits per heavy atom. The number of amides is 1. The number of hydrogen-bond acceptors (Lipinski definition) is 2. The Balaban J connectivity index is 1.87. The van der Waals surface area contributed by atoms with E-state index in [2.05, 4.69) is 15.9 Å². The lowest BCUT2D eigenvalue weighted by atomic mass is 9.77. The third kappa shape index (κ3) is 3.01. The van der Waals surface area contributed by atoms with Crippen LogP contribution in [0, 0.1) is 5.82 Å².